The van der Waals surface area contributed by atoms with Crippen LogP contribution in [0.4, 0.5) is 0 Å². The highest BCUT2D eigenvalue weighted by Gasteiger charge is 2.07. The molecule has 2 aromatic carbocycles. The van der Waals surface area contributed by atoms with Crippen LogP contribution >= 0.6 is 11.6 Å². The molecular formula is C20H21ClO2. The lowest BCUT2D eigenvalue weighted by atomic mass is 9.99. The average molecular weight is 329 g/mol. The summed E-state index contributed by atoms with van der Waals surface area (Å²) in [5, 5.41) is 0.743. The molecule has 2 rings (SSSR count). The van der Waals surface area contributed by atoms with Gasteiger partial charge in [0.15, 0.2) is 11.5 Å². The molecular weight excluding hydrogens is 308 g/mol. The van der Waals surface area contributed by atoms with Crippen LogP contribution in [-0.4, -0.2) is 14.2 Å². The zero-order chi connectivity index (χ0) is 16.8. The van der Waals surface area contributed by atoms with Gasteiger partial charge in [-0.3, -0.25) is 0 Å². The number of allylic oxidation sites excluding steroid dienone is 4. The molecule has 0 radical (unpaired) electrons. The van der Waals surface area contributed by atoms with Crippen LogP contribution in [0.15, 0.2) is 54.6 Å². The Morgan fingerprint density at radius 2 is 1.52 bits per heavy atom. The smallest absolute Gasteiger partial charge is 0.161 e. The van der Waals surface area contributed by atoms with Crippen LogP contribution in [0.25, 0.3) is 11.1 Å². The summed E-state index contributed by atoms with van der Waals surface area (Å²) in [6.07, 6.45) is 4.24. The second-order valence-corrected chi connectivity index (χ2v) is 5.58. The second kappa shape index (κ2) is 7.89. The Morgan fingerprint density at radius 3 is 2.09 bits per heavy atom. The fraction of sp³-hybridized carbons (Fsp3) is 0.200. The zero-order valence-electron chi connectivity index (χ0n) is 13.9. The van der Waals surface area contributed by atoms with E-state index in [1.807, 2.05) is 49.4 Å². The van der Waals surface area contributed by atoms with Crippen molar-refractivity contribution in [1.29, 1.82) is 0 Å². The SMILES string of the molecule is CC=C(C=C(C)c1ccc(Cl)cc1)c1ccc(OC)c(OC)c1. The molecule has 2 aromatic rings. The van der Waals surface area contributed by atoms with Crippen molar-refractivity contribution >= 4 is 22.7 Å². The number of methoxy groups -OCH3 is 2. The van der Waals surface area contributed by atoms with E-state index in [4.69, 9.17) is 21.1 Å². The van der Waals surface area contributed by atoms with Crippen molar-refractivity contribution in [2.45, 2.75) is 13.8 Å². The van der Waals surface area contributed by atoms with Gasteiger partial charge in [0.2, 0.25) is 0 Å². The predicted octanol–water partition coefficient (Wildman–Crippen LogP) is 5.86. The Balaban J connectivity index is 2.36. The first kappa shape index (κ1) is 17.2. The Labute approximate surface area is 143 Å². The number of hydrogen-bond acceptors (Lipinski definition) is 2. The van der Waals surface area contributed by atoms with Crippen molar-refractivity contribution in [3.8, 4) is 11.5 Å². The van der Waals surface area contributed by atoms with Crippen molar-refractivity contribution < 1.29 is 9.47 Å². The number of hydrogen-bond donors (Lipinski definition) is 0. The molecule has 0 aliphatic heterocycles. The molecule has 0 aliphatic carbocycles. The van der Waals surface area contributed by atoms with Gasteiger partial charge in [-0.15, -0.1) is 0 Å². The lowest BCUT2D eigenvalue weighted by Gasteiger charge is -2.11. The van der Waals surface area contributed by atoms with E-state index in [1.165, 1.54) is 5.57 Å². The van der Waals surface area contributed by atoms with Crippen molar-refractivity contribution in [2.75, 3.05) is 14.2 Å². The highest BCUT2D eigenvalue weighted by atomic mass is 35.5. The van der Waals surface area contributed by atoms with Gasteiger partial charge in [-0.25, -0.2) is 0 Å². The fourth-order valence-electron chi connectivity index (χ4n) is 2.38. The predicted molar refractivity (Wildman–Crippen MR) is 98.3 cm³/mol. The third-order valence-electron chi connectivity index (χ3n) is 3.70. The molecule has 0 fully saturated rings. The van der Waals surface area contributed by atoms with Crippen LogP contribution in [0, 0.1) is 0 Å². The van der Waals surface area contributed by atoms with Gasteiger partial charge in [-0.1, -0.05) is 42.0 Å². The van der Waals surface area contributed by atoms with Gasteiger partial charge < -0.3 is 9.47 Å². The van der Waals surface area contributed by atoms with Crippen molar-refractivity contribution in [2.24, 2.45) is 0 Å². The fourth-order valence-corrected chi connectivity index (χ4v) is 2.50. The van der Waals surface area contributed by atoms with E-state index in [0.717, 1.165) is 33.2 Å². The maximum Gasteiger partial charge on any atom is 0.161 e. The molecule has 3 heteroatoms. The van der Waals surface area contributed by atoms with Crippen molar-refractivity contribution in [3.05, 3.63) is 70.8 Å². The van der Waals surface area contributed by atoms with E-state index < -0.39 is 0 Å². The summed E-state index contributed by atoms with van der Waals surface area (Å²) in [6, 6.07) is 13.8. The summed E-state index contributed by atoms with van der Waals surface area (Å²) in [6.45, 7) is 4.12. The molecule has 0 aromatic heterocycles. The van der Waals surface area contributed by atoms with E-state index in [2.05, 4.69) is 19.1 Å². The Kier molecular flexibility index (Phi) is 5.89. The summed E-state index contributed by atoms with van der Waals surface area (Å²) in [5.74, 6) is 1.45. The first-order valence-electron chi connectivity index (χ1n) is 7.42. The van der Waals surface area contributed by atoms with E-state index in [0.29, 0.717) is 0 Å². The third kappa shape index (κ3) is 4.17. The summed E-state index contributed by atoms with van der Waals surface area (Å²) in [4.78, 5) is 0. The second-order valence-electron chi connectivity index (χ2n) is 5.15. The van der Waals surface area contributed by atoms with Crippen LogP contribution in [0.3, 0.4) is 0 Å². The monoisotopic (exact) mass is 328 g/mol. The Hall–Kier alpha value is -2.19. The minimum absolute atomic E-state index is 0.724. The normalized spacial score (nSPS) is 12.2. The molecule has 0 aliphatic rings. The first-order chi connectivity index (χ1) is 11.1. The maximum atomic E-state index is 5.95. The molecule has 0 unspecified atom stereocenters. The highest BCUT2D eigenvalue weighted by molar-refractivity contribution is 6.30. The summed E-state index contributed by atoms with van der Waals surface area (Å²) in [7, 11) is 3.28. The van der Waals surface area contributed by atoms with Gasteiger partial charge in [0.25, 0.3) is 0 Å². The van der Waals surface area contributed by atoms with Gasteiger partial charge in [-0.2, -0.15) is 0 Å². The van der Waals surface area contributed by atoms with Crippen molar-refractivity contribution in [3.63, 3.8) is 0 Å². The van der Waals surface area contributed by atoms with Gasteiger partial charge >= 0.3 is 0 Å². The van der Waals surface area contributed by atoms with Crippen LogP contribution in [0.5, 0.6) is 11.5 Å². The molecule has 23 heavy (non-hydrogen) atoms. The van der Waals surface area contributed by atoms with E-state index in [9.17, 15) is 0 Å². The van der Waals surface area contributed by atoms with E-state index >= 15 is 0 Å². The number of halogens is 1. The molecule has 0 amide bonds. The minimum Gasteiger partial charge on any atom is -0.493 e. The van der Waals surface area contributed by atoms with Gasteiger partial charge in [-0.05, 0) is 60.4 Å². The molecule has 0 saturated carbocycles. The lowest BCUT2D eigenvalue weighted by Crippen LogP contribution is -1.92. The molecule has 120 valence electrons. The van der Waals surface area contributed by atoms with Crippen LogP contribution in [-0.2, 0) is 0 Å². The molecule has 0 spiro atoms. The summed E-state index contributed by atoms with van der Waals surface area (Å²) >= 11 is 5.95. The number of ether oxygens (including phenoxy) is 2. The summed E-state index contributed by atoms with van der Waals surface area (Å²) < 4.78 is 10.7. The topological polar surface area (TPSA) is 18.5 Å². The minimum atomic E-state index is 0.724. The summed E-state index contributed by atoms with van der Waals surface area (Å²) in [5.41, 5.74) is 4.52. The molecule has 0 heterocycles. The Morgan fingerprint density at radius 1 is 0.913 bits per heavy atom. The van der Waals surface area contributed by atoms with E-state index in [1.54, 1.807) is 14.2 Å². The Bertz CT molecular complexity index is 728. The maximum absolute atomic E-state index is 5.95. The molecule has 0 saturated heterocycles. The molecule has 0 bridgehead atoms. The molecule has 0 atom stereocenters. The highest BCUT2D eigenvalue weighted by Crippen LogP contribution is 2.32. The first-order valence-corrected chi connectivity index (χ1v) is 7.79. The third-order valence-corrected chi connectivity index (χ3v) is 3.95. The average Bonchev–Trinajstić information content (AvgIpc) is 2.59. The zero-order valence-corrected chi connectivity index (χ0v) is 14.6. The van der Waals surface area contributed by atoms with Crippen molar-refractivity contribution in [1.82, 2.24) is 0 Å². The molecule has 0 N–H and O–H groups in total. The van der Waals surface area contributed by atoms with Crippen LogP contribution in [0.2, 0.25) is 5.02 Å². The number of benzene rings is 2. The van der Waals surface area contributed by atoms with Gasteiger partial charge in [0.05, 0.1) is 14.2 Å². The van der Waals surface area contributed by atoms with Crippen LogP contribution < -0.4 is 9.47 Å². The van der Waals surface area contributed by atoms with Gasteiger partial charge in [0, 0.05) is 5.02 Å². The van der Waals surface area contributed by atoms with Crippen LogP contribution in [0.1, 0.15) is 25.0 Å². The standard InChI is InChI=1S/C20H21ClO2/c1-5-15(12-14(2)16-6-9-18(21)10-7-16)17-8-11-19(22-3)20(13-17)23-4/h5-13H,1-4H3. The van der Waals surface area contributed by atoms with Gasteiger partial charge in [0.1, 0.15) is 0 Å². The largest absolute Gasteiger partial charge is 0.493 e. The van der Waals surface area contributed by atoms with E-state index in [-0.39, 0.29) is 0 Å². The lowest BCUT2D eigenvalue weighted by molar-refractivity contribution is 0.355. The number of rotatable bonds is 5. The molecule has 2 nitrogen and oxygen atoms in total. The quantitative estimate of drug-likeness (QED) is 0.639.